The van der Waals surface area contributed by atoms with Crippen LogP contribution in [-0.4, -0.2) is 96.1 Å². The Morgan fingerprint density at radius 3 is 2.79 bits per heavy atom. The average Bonchev–Trinajstić information content (AvgIpc) is 3.27. The monoisotopic (exact) mass is 527 g/mol. The van der Waals surface area contributed by atoms with E-state index in [0.717, 1.165) is 43.6 Å². The van der Waals surface area contributed by atoms with E-state index in [4.69, 9.17) is 14.6 Å². The van der Waals surface area contributed by atoms with Crippen LogP contribution in [0, 0.1) is 0 Å². The molecule has 0 bridgehead atoms. The van der Waals surface area contributed by atoms with Gasteiger partial charge in [0.2, 0.25) is 0 Å². The third-order valence-corrected chi connectivity index (χ3v) is 7.16. The number of hydrogen-bond donors (Lipinski definition) is 2. The zero-order chi connectivity index (χ0) is 26.9. The number of amides is 2. The number of carbonyl (C=O) groups excluding carboxylic acids is 2. The number of aryl methyl sites for hydroxylation is 2. The predicted octanol–water partition coefficient (Wildman–Crippen LogP) is 2.01. The lowest BCUT2D eigenvalue weighted by molar-refractivity contribution is -0.103. The predicted molar refractivity (Wildman–Crippen MR) is 143 cm³/mol. The molecule has 4 rings (SSSR count). The largest absolute Gasteiger partial charge is 0.381 e. The van der Waals surface area contributed by atoms with E-state index in [1.807, 2.05) is 11.8 Å². The van der Waals surface area contributed by atoms with Crippen molar-refractivity contribution in [2.24, 2.45) is 0 Å². The second kappa shape index (κ2) is 13.8. The van der Waals surface area contributed by atoms with Gasteiger partial charge in [0, 0.05) is 69.2 Å². The Morgan fingerprint density at radius 1 is 1.21 bits per heavy atom. The lowest BCUT2D eigenvalue weighted by Gasteiger charge is -2.32. The molecule has 1 unspecified atom stereocenters. The quantitative estimate of drug-likeness (QED) is 0.399. The summed E-state index contributed by atoms with van der Waals surface area (Å²) in [5.41, 5.74) is 3.64. The zero-order valence-electron chi connectivity index (χ0n) is 22.7. The fourth-order valence-corrected chi connectivity index (χ4v) is 4.96. The van der Waals surface area contributed by atoms with Crippen LogP contribution in [0.2, 0.25) is 0 Å². The Morgan fingerprint density at radius 2 is 2.00 bits per heavy atom. The van der Waals surface area contributed by atoms with Crippen LogP contribution in [0.25, 0.3) is 0 Å². The third kappa shape index (κ3) is 7.19. The minimum Gasteiger partial charge on any atom is -0.381 e. The SMILES string of the molecule is CCn1nc(CCCOC(O)c2cccc(C(=O)N3CCN(C)CC3)c2)c2c1C(=O)NCCCOCCC2. The Balaban J connectivity index is 1.34. The number of nitrogens with one attached hydrogen (secondary N) is 1. The molecule has 2 aliphatic heterocycles. The van der Waals surface area contributed by atoms with Crippen LogP contribution in [0.4, 0.5) is 0 Å². The molecule has 0 spiro atoms. The number of hydrogen-bond acceptors (Lipinski definition) is 7. The second-order valence-electron chi connectivity index (χ2n) is 9.96. The van der Waals surface area contributed by atoms with Crippen molar-refractivity contribution >= 4 is 11.8 Å². The molecule has 208 valence electrons. The molecule has 2 N–H and O–H groups in total. The average molecular weight is 528 g/mol. The fourth-order valence-electron chi connectivity index (χ4n) is 4.96. The van der Waals surface area contributed by atoms with Gasteiger partial charge < -0.3 is 29.7 Å². The van der Waals surface area contributed by atoms with Crippen LogP contribution in [0.5, 0.6) is 0 Å². The summed E-state index contributed by atoms with van der Waals surface area (Å²) in [7, 11) is 2.05. The van der Waals surface area contributed by atoms with Gasteiger partial charge in [-0.3, -0.25) is 14.3 Å². The standard InChI is InChI=1S/C28H41N5O5/c1-3-33-25-23(10-5-17-37-18-7-12-29-26(25)34)24(30-33)11-6-19-38-28(36)22-9-4-8-21(20-22)27(35)32-15-13-31(2)14-16-32/h4,8-9,20,28,36H,3,5-7,10-19H2,1-2H3,(H,29,34). The van der Waals surface area contributed by atoms with Gasteiger partial charge in [-0.1, -0.05) is 12.1 Å². The molecule has 10 nitrogen and oxygen atoms in total. The molecule has 2 amide bonds. The van der Waals surface area contributed by atoms with Crippen LogP contribution in [0.15, 0.2) is 24.3 Å². The van der Waals surface area contributed by atoms with Crippen LogP contribution in [0.3, 0.4) is 0 Å². The van der Waals surface area contributed by atoms with Gasteiger partial charge in [-0.2, -0.15) is 5.10 Å². The van der Waals surface area contributed by atoms with E-state index in [9.17, 15) is 14.7 Å². The molecule has 0 radical (unpaired) electrons. The van der Waals surface area contributed by atoms with Gasteiger partial charge in [0.1, 0.15) is 5.69 Å². The highest BCUT2D eigenvalue weighted by Crippen LogP contribution is 2.21. The second-order valence-corrected chi connectivity index (χ2v) is 9.96. The Labute approximate surface area is 224 Å². The van der Waals surface area contributed by atoms with Gasteiger partial charge in [-0.25, -0.2) is 0 Å². The highest BCUT2D eigenvalue weighted by atomic mass is 16.6. The summed E-state index contributed by atoms with van der Waals surface area (Å²) in [5.74, 6) is -0.105. The van der Waals surface area contributed by atoms with Gasteiger partial charge in [-0.15, -0.1) is 0 Å². The molecule has 2 aliphatic rings. The van der Waals surface area contributed by atoms with Crippen molar-refractivity contribution in [3.05, 3.63) is 52.3 Å². The molecule has 1 aromatic carbocycles. The summed E-state index contributed by atoms with van der Waals surface area (Å²) < 4.78 is 13.2. The summed E-state index contributed by atoms with van der Waals surface area (Å²) in [6, 6.07) is 7.04. The first-order chi connectivity index (χ1) is 18.5. The van der Waals surface area contributed by atoms with Crippen LogP contribution < -0.4 is 5.32 Å². The molecule has 1 atom stereocenters. The number of benzene rings is 1. The minimum absolute atomic E-state index is 0.0215. The van der Waals surface area contributed by atoms with Gasteiger partial charge in [0.25, 0.3) is 11.8 Å². The third-order valence-electron chi connectivity index (χ3n) is 7.16. The summed E-state index contributed by atoms with van der Waals surface area (Å²) in [4.78, 5) is 29.9. The fraction of sp³-hybridized carbons (Fsp3) is 0.607. The summed E-state index contributed by atoms with van der Waals surface area (Å²) in [6.07, 6.45) is 2.51. The highest BCUT2D eigenvalue weighted by molar-refractivity contribution is 5.95. The van der Waals surface area contributed by atoms with Gasteiger partial charge in [0.15, 0.2) is 6.29 Å². The van der Waals surface area contributed by atoms with Crippen molar-refractivity contribution in [1.82, 2.24) is 24.9 Å². The van der Waals surface area contributed by atoms with Gasteiger partial charge >= 0.3 is 0 Å². The maximum atomic E-state index is 12.9. The minimum atomic E-state index is -1.12. The number of rotatable bonds is 8. The van der Waals surface area contributed by atoms with Crippen LogP contribution >= 0.6 is 0 Å². The lowest BCUT2D eigenvalue weighted by atomic mass is 10.0. The first kappa shape index (κ1) is 28.2. The smallest absolute Gasteiger partial charge is 0.269 e. The Kier molecular flexibility index (Phi) is 10.3. The van der Waals surface area contributed by atoms with E-state index in [0.29, 0.717) is 75.7 Å². The van der Waals surface area contributed by atoms with E-state index in [-0.39, 0.29) is 11.8 Å². The zero-order valence-corrected chi connectivity index (χ0v) is 22.7. The molecule has 1 fully saturated rings. The number of ether oxygens (including phenoxy) is 2. The number of fused-ring (bicyclic) bond motifs is 1. The van der Waals surface area contributed by atoms with Crippen molar-refractivity contribution in [3.8, 4) is 0 Å². The molecule has 2 aromatic rings. The van der Waals surface area contributed by atoms with Crippen molar-refractivity contribution in [2.45, 2.75) is 51.9 Å². The molecule has 10 heteroatoms. The molecule has 1 saturated heterocycles. The highest BCUT2D eigenvalue weighted by Gasteiger charge is 2.24. The number of likely N-dealkylation sites (N-methyl/N-ethyl adjacent to an activating group) is 1. The van der Waals surface area contributed by atoms with E-state index < -0.39 is 6.29 Å². The summed E-state index contributed by atoms with van der Waals surface area (Å²) in [6.45, 7) is 7.93. The lowest BCUT2D eigenvalue weighted by Crippen LogP contribution is -2.47. The van der Waals surface area contributed by atoms with Gasteiger partial charge in [-0.05, 0) is 58.2 Å². The van der Waals surface area contributed by atoms with E-state index in [1.54, 1.807) is 28.9 Å². The molecule has 0 saturated carbocycles. The maximum Gasteiger partial charge on any atom is 0.269 e. The summed E-state index contributed by atoms with van der Waals surface area (Å²) >= 11 is 0. The number of nitrogens with zero attached hydrogens (tertiary/aromatic N) is 4. The molecule has 3 heterocycles. The first-order valence-electron chi connectivity index (χ1n) is 13.8. The van der Waals surface area contributed by atoms with Crippen molar-refractivity contribution in [1.29, 1.82) is 0 Å². The first-order valence-corrected chi connectivity index (χ1v) is 13.8. The molecular formula is C28H41N5O5. The van der Waals surface area contributed by atoms with Crippen LogP contribution in [-0.2, 0) is 28.9 Å². The molecule has 1 aromatic heterocycles. The maximum absolute atomic E-state index is 12.9. The van der Waals surface area contributed by atoms with E-state index in [2.05, 4.69) is 17.3 Å². The van der Waals surface area contributed by atoms with Crippen molar-refractivity contribution in [3.63, 3.8) is 0 Å². The number of aliphatic hydroxyl groups excluding tert-OH is 1. The topological polar surface area (TPSA) is 109 Å². The Hall–Kier alpha value is -2.79. The van der Waals surface area contributed by atoms with E-state index in [1.165, 1.54) is 0 Å². The molecule has 38 heavy (non-hydrogen) atoms. The number of aromatic nitrogens is 2. The Bertz CT molecular complexity index is 1080. The summed E-state index contributed by atoms with van der Waals surface area (Å²) in [5, 5.41) is 18.4. The van der Waals surface area contributed by atoms with Crippen molar-refractivity contribution < 1.29 is 24.2 Å². The number of piperazine rings is 1. The molecule has 0 aliphatic carbocycles. The van der Waals surface area contributed by atoms with Crippen LogP contribution in [0.1, 0.15) is 70.1 Å². The molecular weight excluding hydrogens is 486 g/mol. The number of aliphatic hydroxyl groups is 1. The van der Waals surface area contributed by atoms with E-state index >= 15 is 0 Å². The van der Waals surface area contributed by atoms with Gasteiger partial charge in [0.05, 0.1) is 12.3 Å². The van der Waals surface area contributed by atoms with Crippen molar-refractivity contribution in [2.75, 3.05) is 59.6 Å². The normalized spacial score (nSPS) is 18.4. The number of carbonyl (C=O) groups is 2.